The highest BCUT2D eigenvalue weighted by Gasteiger charge is 1.99. The van der Waals surface area contributed by atoms with Crippen LogP contribution in [0.15, 0.2) is 18.2 Å². The molecule has 1 N–H and O–H groups in total. The maximum atomic E-state index is 10.8. The Labute approximate surface area is 76.9 Å². The Balaban J connectivity index is 2.50. The van der Waals surface area contributed by atoms with Crippen LogP contribution in [0.3, 0.4) is 0 Å². The van der Waals surface area contributed by atoms with Gasteiger partial charge < -0.3 is 10.1 Å². The van der Waals surface area contributed by atoms with Crippen molar-refractivity contribution in [2.24, 2.45) is 0 Å². The molecular formula is C9H12N2O2. The minimum atomic E-state index is -0.302. The molecule has 0 aliphatic rings. The van der Waals surface area contributed by atoms with E-state index in [1.165, 1.54) is 7.11 Å². The van der Waals surface area contributed by atoms with E-state index in [1.807, 2.05) is 19.1 Å². The number of nitrogens with zero attached hydrogens (tertiary/aromatic N) is 1. The topological polar surface area (TPSA) is 51.2 Å². The summed E-state index contributed by atoms with van der Waals surface area (Å²) in [6.45, 7) is 2.04. The second-order valence-corrected chi connectivity index (χ2v) is 2.59. The van der Waals surface area contributed by atoms with Crippen LogP contribution in [0.25, 0.3) is 0 Å². The first-order chi connectivity index (χ1) is 6.22. The molecule has 4 heteroatoms. The SMILES string of the molecule is COC(=O)CNc1cccc(C)n1. The molecule has 13 heavy (non-hydrogen) atoms. The monoisotopic (exact) mass is 180 g/mol. The maximum Gasteiger partial charge on any atom is 0.325 e. The normalized spacial score (nSPS) is 9.38. The number of carbonyl (C=O) groups is 1. The lowest BCUT2D eigenvalue weighted by Crippen LogP contribution is -2.15. The number of carbonyl (C=O) groups excluding carboxylic acids is 1. The zero-order valence-electron chi connectivity index (χ0n) is 7.70. The molecule has 0 radical (unpaired) electrons. The van der Waals surface area contributed by atoms with E-state index in [9.17, 15) is 4.79 Å². The Morgan fingerprint density at radius 2 is 2.38 bits per heavy atom. The van der Waals surface area contributed by atoms with Crippen LogP contribution in [0.1, 0.15) is 5.69 Å². The van der Waals surface area contributed by atoms with Crippen LogP contribution in [0.4, 0.5) is 5.82 Å². The number of esters is 1. The minimum absolute atomic E-state index is 0.146. The van der Waals surface area contributed by atoms with Gasteiger partial charge in [-0.25, -0.2) is 4.98 Å². The quantitative estimate of drug-likeness (QED) is 0.704. The van der Waals surface area contributed by atoms with Gasteiger partial charge >= 0.3 is 5.97 Å². The van der Waals surface area contributed by atoms with Crippen LogP contribution < -0.4 is 5.32 Å². The highest BCUT2D eigenvalue weighted by molar-refractivity contribution is 5.74. The fraction of sp³-hybridized carbons (Fsp3) is 0.333. The number of nitrogens with one attached hydrogen (secondary N) is 1. The summed E-state index contributed by atoms with van der Waals surface area (Å²) in [5.41, 5.74) is 0.912. The summed E-state index contributed by atoms with van der Waals surface area (Å²) >= 11 is 0. The standard InChI is InChI=1S/C9H12N2O2/c1-7-4-3-5-8(11-7)10-6-9(12)13-2/h3-5H,6H2,1-2H3,(H,10,11). The fourth-order valence-corrected chi connectivity index (χ4v) is 0.876. The summed E-state index contributed by atoms with van der Waals surface area (Å²) in [5.74, 6) is 0.383. The van der Waals surface area contributed by atoms with E-state index < -0.39 is 0 Å². The van der Waals surface area contributed by atoms with E-state index in [-0.39, 0.29) is 12.5 Å². The van der Waals surface area contributed by atoms with Gasteiger partial charge in [-0.3, -0.25) is 4.79 Å². The number of aryl methyl sites for hydroxylation is 1. The van der Waals surface area contributed by atoms with E-state index in [2.05, 4.69) is 15.0 Å². The number of pyridine rings is 1. The molecule has 4 nitrogen and oxygen atoms in total. The van der Waals surface area contributed by atoms with Crippen LogP contribution >= 0.6 is 0 Å². The van der Waals surface area contributed by atoms with Gasteiger partial charge in [-0.2, -0.15) is 0 Å². The molecule has 0 aromatic carbocycles. The molecule has 0 bridgehead atoms. The number of anilines is 1. The number of hydrogen-bond acceptors (Lipinski definition) is 4. The smallest absolute Gasteiger partial charge is 0.325 e. The highest BCUT2D eigenvalue weighted by Crippen LogP contribution is 2.02. The highest BCUT2D eigenvalue weighted by atomic mass is 16.5. The lowest BCUT2D eigenvalue weighted by Gasteiger charge is -2.03. The number of rotatable bonds is 3. The van der Waals surface area contributed by atoms with E-state index in [4.69, 9.17) is 0 Å². The van der Waals surface area contributed by atoms with Gasteiger partial charge in [0.25, 0.3) is 0 Å². The van der Waals surface area contributed by atoms with Crippen LogP contribution in [-0.4, -0.2) is 24.6 Å². The third-order valence-corrected chi connectivity index (χ3v) is 1.53. The number of aromatic nitrogens is 1. The lowest BCUT2D eigenvalue weighted by atomic mass is 10.4. The average Bonchev–Trinajstić information content (AvgIpc) is 2.14. The Morgan fingerprint density at radius 3 is 3.00 bits per heavy atom. The first kappa shape index (κ1) is 9.51. The van der Waals surface area contributed by atoms with E-state index >= 15 is 0 Å². The van der Waals surface area contributed by atoms with Crippen molar-refractivity contribution in [1.82, 2.24) is 4.98 Å². The fourth-order valence-electron chi connectivity index (χ4n) is 0.876. The predicted molar refractivity (Wildman–Crippen MR) is 49.5 cm³/mol. The first-order valence-electron chi connectivity index (χ1n) is 3.96. The summed E-state index contributed by atoms with van der Waals surface area (Å²) in [5, 5.41) is 2.85. The maximum absolute atomic E-state index is 10.8. The van der Waals surface area contributed by atoms with Crippen molar-refractivity contribution in [3.8, 4) is 0 Å². The summed E-state index contributed by atoms with van der Waals surface area (Å²) in [6, 6.07) is 5.57. The molecule has 0 unspecified atom stereocenters. The summed E-state index contributed by atoms with van der Waals surface area (Å²) in [7, 11) is 1.35. The van der Waals surface area contributed by atoms with E-state index in [1.54, 1.807) is 6.07 Å². The number of methoxy groups -OCH3 is 1. The third-order valence-electron chi connectivity index (χ3n) is 1.53. The molecule has 1 aromatic rings. The van der Waals surface area contributed by atoms with Crippen molar-refractivity contribution in [3.63, 3.8) is 0 Å². The molecule has 0 spiro atoms. The van der Waals surface area contributed by atoms with Gasteiger partial charge in [0.1, 0.15) is 12.4 Å². The van der Waals surface area contributed by atoms with Gasteiger partial charge in [0.2, 0.25) is 0 Å². The molecule has 0 aliphatic heterocycles. The lowest BCUT2D eigenvalue weighted by molar-refractivity contribution is -0.138. The van der Waals surface area contributed by atoms with Crippen molar-refractivity contribution in [1.29, 1.82) is 0 Å². The summed E-state index contributed by atoms with van der Waals surface area (Å²) in [6.07, 6.45) is 0. The number of ether oxygens (including phenoxy) is 1. The second-order valence-electron chi connectivity index (χ2n) is 2.59. The molecule has 0 atom stereocenters. The van der Waals surface area contributed by atoms with E-state index in [0.29, 0.717) is 5.82 Å². The molecule has 1 rings (SSSR count). The van der Waals surface area contributed by atoms with Gasteiger partial charge in [-0.05, 0) is 19.1 Å². The van der Waals surface area contributed by atoms with Gasteiger partial charge in [0.15, 0.2) is 0 Å². The van der Waals surface area contributed by atoms with Gasteiger partial charge in [0.05, 0.1) is 7.11 Å². The van der Waals surface area contributed by atoms with Crippen LogP contribution in [0.2, 0.25) is 0 Å². The Bertz CT molecular complexity index is 299. The number of hydrogen-bond donors (Lipinski definition) is 1. The van der Waals surface area contributed by atoms with Crippen molar-refractivity contribution in [2.45, 2.75) is 6.92 Å². The van der Waals surface area contributed by atoms with Crippen molar-refractivity contribution in [3.05, 3.63) is 23.9 Å². The van der Waals surface area contributed by atoms with E-state index in [0.717, 1.165) is 5.69 Å². The van der Waals surface area contributed by atoms with Crippen molar-refractivity contribution >= 4 is 11.8 Å². The molecular weight excluding hydrogens is 168 g/mol. The Morgan fingerprint density at radius 1 is 1.62 bits per heavy atom. The minimum Gasteiger partial charge on any atom is -0.468 e. The molecule has 0 saturated heterocycles. The first-order valence-corrected chi connectivity index (χ1v) is 3.96. The van der Waals surface area contributed by atoms with Crippen molar-refractivity contribution < 1.29 is 9.53 Å². The summed E-state index contributed by atoms with van der Waals surface area (Å²) in [4.78, 5) is 14.9. The van der Waals surface area contributed by atoms with Crippen LogP contribution in [0.5, 0.6) is 0 Å². The molecule has 70 valence electrons. The molecule has 0 fully saturated rings. The summed E-state index contributed by atoms with van der Waals surface area (Å²) < 4.78 is 4.47. The predicted octanol–water partition coefficient (Wildman–Crippen LogP) is 0.975. The van der Waals surface area contributed by atoms with Crippen LogP contribution in [-0.2, 0) is 9.53 Å². The van der Waals surface area contributed by atoms with Crippen LogP contribution in [0, 0.1) is 6.92 Å². The zero-order valence-corrected chi connectivity index (χ0v) is 7.70. The molecule has 1 aromatic heterocycles. The van der Waals surface area contributed by atoms with Gasteiger partial charge in [0, 0.05) is 5.69 Å². The largest absolute Gasteiger partial charge is 0.468 e. The van der Waals surface area contributed by atoms with Crippen molar-refractivity contribution in [2.75, 3.05) is 19.0 Å². The average molecular weight is 180 g/mol. The Kier molecular flexibility index (Phi) is 3.25. The van der Waals surface area contributed by atoms with Gasteiger partial charge in [-0.1, -0.05) is 6.07 Å². The second kappa shape index (κ2) is 4.45. The molecule has 1 heterocycles. The third kappa shape index (κ3) is 3.11. The molecule has 0 amide bonds. The Hall–Kier alpha value is -1.58. The van der Waals surface area contributed by atoms with Gasteiger partial charge in [-0.15, -0.1) is 0 Å². The zero-order chi connectivity index (χ0) is 9.68. The molecule has 0 aliphatic carbocycles. The molecule has 0 saturated carbocycles.